The Hall–Kier alpha value is -1.40. The number of nitrogens with zero attached hydrogens (tertiary/aromatic N) is 3. The first-order valence-corrected chi connectivity index (χ1v) is 8.95. The van der Waals surface area contributed by atoms with E-state index in [0.717, 1.165) is 44.2 Å². The van der Waals surface area contributed by atoms with Crippen molar-refractivity contribution in [3.63, 3.8) is 0 Å². The number of amides is 1. The molecule has 0 saturated carbocycles. The molecule has 0 radical (unpaired) electrons. The first-order valence-electron chi connectivity index (χ1n) is 8.95. The van der Waals surface area contributed by atoms with Crippen molar-refractivity contribution in [2.45, 2.75) is 57.7 Å². The Morgan fingerprint density at radius 3 is 2.87 bits per heavy atom. The van der Waals surface area contributed by atoms with Gasteiger partial charge in [0.2, 0.25) is 5.91 Å². The second-order valence-corrected chi connectivity index (χ2v) is 6.78. The Bertz CT molecular complexity index is 499. The van der Waals surface area contributed by atoms with E-state index < -0.39 is 0 Å². The molecule has 0 bridgehead atoms. The lowest BCUT2D eigenvalue weighted by Crippen LogP contribution is -2.42. The summed E-state index contributed by atoms with van der Waals surface area (Å²) in [6.45, 7) is 6.78. The van der Waals surface area contributed by atoms with E-state index in [-0.39, 0.29) is 5.91 Å². The van der Waals surface area contributed by atoms with E-state index in [1.807, 2.05) is 12.3 Å². The van der Waals surface area contributed by atoms with E-state index in [4.69, 9.17) is 0 Å². The highest BCUT2D eigenvalue weighted by Crippen LogP contribution is 2.26. The maximum atomic E-state index is 11.1. The first kappa shape index (κ1) is 16.5. The Labute approximate surface area is 138 Å². The van der Waals surface area contributed by atoms with E-state index in [1.165, 1.54) is 25.8 Å². The lowest BCUT2D eigenvalue weighted by atomic mass is 10.00. The first-order chi connectivity index (χ1) is 11.2. The molecule has 2 saturated heterocycles. The van der Waals surface area contributed by atoms with Gasteiger partial charge in [0.25, 0.3) is 0 Å². The average molecular weight is 319 g/mol. The molecule has 1 aromatic rings. The maximum absolute atomic E-state index is 11.1. The number of hydrogen-bond acceptors (Lipinski definition) is 4. The molecule has 1 unspecified atom stereocenters. The monoisotopic (exact) mass is 319 g/mol. The fourth-order valence-corrected chi connectivity index (χ4v) is 3.89. The third-order valence-electron chi connectivity index (χ3n) is 5.18. The molecule has 23 heavy (non-hydrogen) atoms. The van der Waals surface area contributed by atoms with Crippen molar-refractivity contribution in [2.75, 3.05) is 26.2 Å². The predicted molar refractivity (Wildman–Crippen MR) is 90.1 cm³/mol. The molecule has 2 fully saturated rings. The van der Waals surface area contributed by atoms with Gasteiger partial charge < -0.3 is 15.5 Å². The Morgan fingerprint density at radius 1 is 1.26 bits per heavy atom. The molecule has 0 aromatic carbocycles. The van der Waals surface area contributed by atoms with Crippen LogP contribution >= 0.6 is 0 Å². The maximum Gasteiger partial charge on any atom is 0.217 e. The van der Waals surface area contributed by atoms with Gasteiger partial charge in [-0.2, -0.15) is 5.10 Å². The molecule has 1 amide bonds. The highest BCUT2D eigenvalue weighted by atomic mass is 16.1. The van der Waals surface area contributed by atoms with Crippen LogP contribution in [0, 0.1) is 0 Å². The van der Waals surface area contributed by atoms with Gasteiger partial charge in [-0.05, 0) is 51.3 Å². The van der Waals surface area contributed by atoms with Crippen LogP contribution in [0.5, 0.6) is 0 Å². The van der Waals surface area contributed by atoms with Crippen LogP contribution in [0.15, 0.2) is 12.3 Å². The van der Waals surface area contributed by atoms with Crippen molar-refractivity contribution < 1.29 is 4.79 Å². The molecule has 1 aromatic heterocycles. The normalized spacial score (nSPS) is 24.3. The third-order valence-corrected chi connectivity index (χ3v) is 5.18. The molecule has 2 aliphatic heterocycles. The summed E-state index contributed by atoms with van der Waals surface area (Å²) in [5.74, 6) is 0.00884. The molecule has 3 rings (SSSR count). The number of carbonyl (C=O) groups is 1. The summed E-state index contributed by atoms with van der Waals surface area (Å²) in [4.78, 5) is 13.8. The molecular formula is C17H29N5O. The zero-order valence-corrected chi connectivity index (χ0v) is 14.1. The number of nitrogens with one attached hydrogen (secondary N) is 2. The van der Waals surface area contributed by atoms with Gasteiger partial charge in [0.05, 0.1) is 18.3 Å². The fourth-order valence-electron chi connectivity index (χ4n) is 3.89. The van der Waals surface area contributed by atoms with Crippen molar-refractivity contribution in [1.29, 1.82) is 0 Å². The van der Waals surface area contributed by atoms with Gasteiger partial charge in [0.15, 0.2) is 0 Å². The van der Waals surface area contributed by atoms with Crippen LogP contribution in [0.25, 0.3) is 0 Å². The van der Waals surface area contributed by atoms with Gasteiger partial charge in [-0.15, -0.1) is 0 Å². The van der Waals surface area contributed by atoms with Crippen LogP contribution in [-0.4, -0.2) is 52.8 Å². The zero-order valence-electron chi connectivity index (χ0n) is 14.1. The molecule has 0 spiro atoms. The quantitative estimate of drug-likeness (QED) is 0.878. The molecule has 6 heteroatoms. The second kappa shape index (κ2) is 7.93. The second-order valence-electron chi connectivity index (χ2n) is 6.78. The van der Waals surface area contributed by atoms with Gasteiger partial charge in [-0.3, -0.25) is 9.48 Å². The van der Waals surface area contributed by atoms with Crippen molar-refractivity contribution in [3.05, 3.63) is 18.0 Å². The van der Waals surface area contributed by atoms with E-state index in [2.05, 4.69) is 25.3 Å². The number of rotatable bonds is 4. The predicted octanol–water partition coefficient (Wildman–Crippen LogP) is 1.30. The summed E-state index contributed by atoms with van der Waals surface area (Å²) in [7, 11) is 0. The molecule has 1 atom stereocenters. The number of hydrogen-bond donors (Lipinski definition) is 2. The minimum atomic E-state index is 0.00884. The highest BCUT2D eigenvalue weighted by molar-refractivity contribution is 5.72. The largest absolute Gasteiger partial charge is 0.351 e. The Balaban J connectivity index is 1.54. The van der Waals surface area contributed by atoms with Gasteiger partial charge in [0, 0.05) is 32.3 Å². The van der Waals surface area contributed by atoms with E-state index >= 15 is 0 Å². The van der Waals surface area contributed by atoms with Crippen molar-refractivity contribution in [3.8, 4) is 0 Å². The summed E-state index contributed by atoms with van der Waals surface area (Å²) in [5.41, 5.74) is 1.11. The molecule has 6 nitrogen and oxygen atoms in total. The smallest absolute Gasteiger partial charge is 0.217 e. The van der Waals surface area contributed by atoms with Crippen LogP contribution in [0.3, 0.4) is 0 Å². The number of piperidine rings is 1. The van der Waals surface area contributed by atoms with E-state index in [9.17, 15) is 4.79 Å². The molecular weight excluding hydrogens is 290 g/mol. The lowest BCUT2D eigenvalue weighted by molar-refractivity contribution is -0.119. The summed E-state index contributed by atoms with van der Waals surface area (Å²) in [5, 5.41) is 10.9. The number of aromatic nitrogens is 2. The molecule has 2 aliphatic rings. The van der Waals surface area contributed by atoms with E-state index in [1.54, 1.807) is 6.92 Å². The minimum Gasteiger partial charge on any atom is -0.351 e. The van der Waals surface area contributed by atoms with Crippen LogP contribution in [-0.2, 0) is 11.3 Å². The van der Waals surface area contributed by atoms with Gasteiger partial charge in [0.1, 0.15) is 0 Å². The van der Waals surface area contributed by atoms with Crippen LogP contribution in [0.2, 0.25) is 0 Å². The number of likely N-dealkylation sites (tertiary alicyclic amines) is 1. The average Bonchev–Trinajstić information content (AvgIpc) is 2.86. The minimum absolute atomic E-state index is 0.00884. The Kier molecular flexibility index (Phi) is 5.67. The lowest BCUT2D eigenvalue weighted by Gasteiger charge is -2.37. The van der Waals surface area contributed by atoms with Crippen LogP contribution in [0.4, 0.5) is 0 Å². The summed E-state index contributed by atoms with van der Waals surface area (Å²) < 4.78 is 2.13. The molecule has 2 N–H and O–H groups in total. The zero-order chi connectivity index (χ0) is 16.1. The van der Waals surface area contributed by atoms with Gasteiger partial charge in [-0.1, -0.05) is 0 Å². The topological polar surface area (TPSA) is 62.2 Å². The molecule has 0 aliphatic carbocycles. The van der Waals surface area contributed by atoms with Crippen LogP contribution < -0.4 is 10.6 Å². The van der Waals surface area contributed by atoms with Crippen molar-refractivity contribution in [2.24, 2.45) is 0 Å². The summed E-state index contributed by atoms with van der Waals surface area (Å²) >= 11 is 0. The Morgan fingerprint density at radius 2 is 2.09 bits per heavy atom. The number of carbonyl (C=O) groups excluding carboxylic acids is 1. The standard InChI is InChI=1S/C17H29N5O/c1-14(23)19-13-17-5-10-20-22(17)16-6-11-21(12-7-16)15-3-2-8-18-9-4-15/h5,10,15-16,18H,2-4,6-9,11-13H2,1H3,(H,19,23). The van der Waals surface area contributed by atoms with Gasteiger partial charge >= 0.3 is 0 Å². The summed E-state index contributed by atoms with van der Waals surface area (Å²) in [6, 6.07) is 3.23. The van der Waals surface area contributed by atoms with Gasteiger partial charge in [-0.25, -0.2) is 0 Å². The summed E-state index contributed by atoms with van der Waals surface area (Å²) in [6.07, 6.45) is 8.05. The SMILES string of the molecule is CC(=O)NCc1ccnn1C1CCN(C2CCCNCC2)CC1. The van der Waals surface area contributed by atoms with Crippen LogP contribution in [0.1, 0.15) is 50.8 Å². The molecule has 3 heterocycles. The van der Waals surface area contributed by atoms with Crippen molar-refractivity contribution in [1.82, 2.24) is 25.3 Å². The fraction of sp³-hybridized carbons (Fsp3) is 0.765. The highest BCUT2D eigenvalue weighted by Gasteiger charge is 2.27. The third kappa shape index (κ3) is 4.32. The molecule has 128 valence electrons. The van der Waals surface area contributed by atoms with E-state index in [0.29, 0.717) is 12.6 Å². The van der Waals surface area contributed by atoms with Crippen molar-refractivity contribution >= 4 is 5.91 Å².